The third kappa shape index (κ3) is 3.06. The Balaban J connectivity index is 1.82. The van der Waals surface area contributed by atoms with Gasteiger partial charge >= 0.3 is 11.9 Å². The summed E-state index contributed by atoms with van der Waals surface area (Å²) in [6, 6.07) is 0. The third-order valence-electron chi connectivity index (χ3n) is 9.62. The highest BCUT2D eigenvalue weighted by atomic mass is 16.5. The van der Waals surface area contributed by atoms with Crippen molar-refractivity contribution < 1.29 is 24.2 Å². The molecule has 5 aliphatic carbocycles. The topological polar surface area (TPSA) is 72.8 Å². The average molecular weight is 431 g/mol. The Kier molecular flexibility index (Phi) is 5.44. The van der Waals surface area contributed by atoms with E-state index < -0.39 is 23.0 Å². The van der Waals surface area contributed by atoms with Crippen LogP contribution in [0.3, 0.4) is 0 Å². The van der Waals surface area contributed by atoms with E-state index in [0.29, 0.717) is 12.3 Å². The summed E-state index contributed by atoms with van der Waals surface area (Å²) in [7, 11) is 1.46. The number of carbonyl (C=O) groups excluding carboxylic acids is 2. The number of hydrogen-bond donors (Lipinski definition) is 1. The van der Waals surface area contributed by atoms with Crippen LogP contribution in [0.5, 0.6) is 0 Å². The van der Waals surface area contributed by atoms with Gasteiger partial charge in [0.25, 0.3) is 0 Å². The second kappa shape index (κ2) is 7.47. The predicted octanol–water partition coefficient (Wildman–Crippen LogP) is 4.59. The summed E-state index contributed by atoms with van der Waals surface area (Å²) in [6.45, 7) is 12.3. The maximum atomic E-state index is 13.0. The summed E-state index contributed by atoms with van der Waals surface area (Å²) >= 11 is 0. The molecule has 1 N–H and O–H groups in total. The Morgan fingerprint density at radius 3 is 2.48 bits per heavy atom. The number of allylic oxidation sites excluding steroid dienone is 1. The van der Waals surface area contributed by atoms with Gasteiger partial charge in [-0.2, -0.15) is 0 Å². The lowest BCUT2D eigenvalue weighted by atomic mass is 9.35. The quantitative estimate of drug-likeness (QED) is 0.403. The van der Waals surface area contributed by atoms with Gasteiger partial charge in [0.15, 0.2) is 0 Å². The molecular formula is C26H38O5. The van der Waals surface area contributed by atoms with E-state index in [0.717, 1.165) is 49.7 Å². The van der Waals surface area contributed by atoms with E-state index in [-0.39, 0.29) is 29.2 Å². The van der Waals surface area contributed by atoms with Gasteiger partial charge in [0.2, 0.25) is 0 Å². The molecule has 0 aromatic carbocycles. The maximum Gasteiger partial charge on any atom is 0.330 e. The molecule has 0 aromatic heterocycles. The third-order valence-corrected chi connectivity index (χ3v) is 9.62. The fourth-order valence-corrected chi connectivity index (χ4v) is 8.24. The van der Waals surface area contributed by atoms with Gasteiger partial charge in [-0.05, 0) is 88.0 Å². The highest BCUT2D eigenvalue weighted by Crippen LogP contribution is 2.72. The lowest BCUT2D eigenvalue weighted by molar-refractivity contribution is -0.256. The number of aliphatic hydroxyl groups excluding tert-OH is 1. The van der Waals surface area contributed by atoms with Gasteiger partial charge in [0, 0.05) is 11.5 Å². The fourth-order valence-electron chi connectivity index (χ4n) is 8.24. The van der Waals surface area contributed by atoms with Gasteiger partial charge in [0.1, 0.15) is 6.10 Å². The van der Waals surface area contributed by atoms with Crippen LogP contribution < -0.4 is 0 Å². The fraction of sp³-hybridized carbons (Fsp3) is 0.769. The second-order valence-corrected chi connectivity index (χ2v) is 11.3. The number of methoxy groups -OCH3 is 1. The molecule has 0 amide bonds. The molecule has 5 nitrogen and oxygen atoms in total. The van der Waals surface area contributed by atoms with Crippen LogP contribution in [0.15, 0.2) is 23.8 Å². The minimum absolute atomic E-state index is 0.0427. The molecule has 5 rings (SSSR count). The first-order valence-electron chi connectivity index (χ1n) is 11.8. The van der Waals surface area contributed by atoms with Gasteiger partial charge in [0.05, 0.1) is 18.6 Å². The Hall–Kier alpha value is -1.62. The molecular weight excluding hydrogens is 392 g/mol. The van der Waals surface area contributed by atoms with Crippen LogP contribution in [0, 0.1) is 34.0 Å². The van der Waals surface area contributed by atoms with Crippen molar-refractivity contribution in [1.29, 1.82) is 0 Å². The molecule has 8 atom stereocenters. The van der Waals surface area contributed by atoms with Crippen LogP contribution in [0.25, 0.3) is 0 Å². The van der Waals surface area contributed by atoms with Gasteiger partial charge < -0.3 is 14.6 Å². The Labute approximate surface area is 186 Å². The van der Waals surface area contributed by atoms with Crippen molar-refractivity contribution in [1.82, 2.24) is 0 Å². The minimum atomic E-state index is -0.668. The summed E-state index contributed by atoms with van der Waals surface area (Å²) in [5.74, 6) is 0.00770. The minimum Gasteiger partial charge on any atom is -0.469 e. The molecule has 5 fully saturated rings. The maximum absolute atomic E-state index is 13.0. The van der Waals surface area contributed by atoms with Crippen LogP contribution in [0.2, 0.25) is 0 Å². The van der Waals surface area contributed by atoms with E-state index in [4.69, 9.17) is 9.47 Å². The van der Waals surface area contributed by atoms with E-state index in [9.17, 15) is 14.7 Å². The molecule has 0 aliphatic heterocycles. The Bertz CT molecular complexity index is 826. The van der Waals surface area contributed by atoms with E-state index in [1.807, 2.05) is 20.8 Å². The van der Waals surface area contributed by atoms with Crippen LogP contribution >= 0.6 is 0 Å². The van der Waals surface area contributed by atoms with Crippen LogP contribution in [-0.4, -0.2) is 36.4 Å². The van der Waals surface area contributed by atoms with Crippen LogP contribution in [-0.2, 0) is 19.1 Å². The first-order chi connectivity index (χ1) is 14.5. The average Bonchev–Trinajstić information content (AvgIpc) is 2.71. The number of carbonyl (C=O) groups is 2. The van der Waals surface area contributed by atoms with Crippen molar-refractivity contribution in [2.75, 3.05) is 7.11 Å². The number of hydrogen-bond acceptors (Lipinski definition) is 5. The second-order valence-electron chi connectivity index (χ2n) is 11.3. The summed E-state index contributed by atoms with van der Waals surface area (Å²) in [6.07, 6.45) is 6.55. The van der Waals surface area contributed by atoms with E-state index in [1.54, 1.807) is 0 Å². The van der Waals surface area contributed by atoms with E-state index >= 15 is 0 Å². The molecule has 31 heavy (non-hydrogen) atoms. The number of ether oxygens (including phenoxy) is 2. The van der Waals surface area contributed by atoms with Crippen LogP contribution in [0.4, 0.5) is 0 Å². The first-order valence-corrected chi connectivity index (χ1v) is 11.8. The first kappa shape index (κ1) is 22.6. The highest BCUT2D eigenvalue weighted by molar-refractivity contribution is 5.83. The monoisotopic (exact) mass is 430 g/mol. The molecule has 0 aromatic rings. The van der Waals surface area contributed by atoms with Gasteiger partial charge in [-0.1, -0.05) is 25.5 Å². The molecule has 0 unspecified atom stereocenters. The highest BCUT2D eigenvalue weighted by Gasteiger charge is 2.71. The van der Waals surface area contributed by atoms with Crippen molar-refractivity contribution in [2.45, 2.75) is 84.8 Å². The Morgan fingerprint density at radius 2 is 1.84 bits per heavy atom. The SMILES string of the molecule is C=C1[C@H]2CC[C@@]3([C@@H](OC(=O)C=C(C)C)C[C@H]4[C@@](C)(CCC[C@@]4(C)C(=O)OC)[C@@H]3C2)[C@@H]1O. The molecule has 0 saturated heterocycles. The molecule has 5 saturated carbocycles. The van der Waals surface area contributed by atoms with Gasteiger partial charge in [-0.15, -0.1) is 0 Å². The normalized spacial score (nSPS) is 45.9. The lowest BCUT2D eigenvalue weighted by Crippen LogP contribution is -2.70. The number of esters is 2. The van der Waals surface area contributed by atoms with Crippen LogP contribution in [0.1, 0.15) is 72.6 Å². The smallest absolute Gasteiger partial charge is 0.330 e. The zero-order valence-corrected chi connectivity index (χ0v) is 19.7. The summed E-state index contributed by atoms with van der Waals surface area (Å²) in [5, 5.41) is 11.5. The molecule has 2 bridgehead atoms. The van der Waals surface area contributed by atoms with E-state index in [2.05, 4.69) is 13.5 Å². The molecule has 0 radical (unpaired) electrons. The molecule has 5 heteroatoms. The number of rotatable bonds is 3. The molecule has 1 spiro atoms. The van der Waals surface area contributed by atoms with Crippen molar-refractivity contribution in [3.05, 3.63) is 23.8 Å². The van der Waals surface area contributed by atoms with E-state index in [1.165, 1.54) is 13.2 Å². The van der Waals surface area contributed by atoms with Gasteiger partial charge in [-0.25, -0.2) is 4.79 Å². The standard InChI is InChI=1S/C26H38O5/c1-15(2)12-21(27)31-20-14-18-24(4,9-7-10-25(18,5)23(29)30-6)19-13-17-8-11-26(19,20)22(28)16(17)3/h12,17-20,22,28H,3,7-11,13-14H2,1-2,4-6H3/t17-,18-,19-,20-,22+,24+,25+,26+/m0/s1. The number of aliphatic hydroxyl groups is 1. The van der Waals surface area contributed by atoms with Crippen molar-refractivity contribution in [3.8, 4) is 0 Å². The Morgan fingerprint density at radius 1 is 1.13 bits per heavy atom. The molecule has 5 aliphatic rings. The zero-order chi connectivity index (χ0) is 22.8. The predicted molar refractivity (Wildman–Crippen MR) is 118 cm³/mol. The summed E-state index contributed by atoms with van der Waals surface area (Å²) < 4.78 is 11.4. The lowest BCUT2D eigenvalue weighted by Gasteiger charge is -2.70. The van der Waals surface area contributed by atoms with Crippen molar-refractivity contribution >= 4 is 11.9 Å². The van der Waals surface area contributed by atoms with Crippen molar-refractivity contribution in [3.63, 3.8) is 0 Å². The molecule has 0 heterocycles. The summed E-state index contributed by atoms with van der Waals surface area (Å²) in [5.41, 5.74) is 0.550. The van der Waals surface area contributed by atoms with Gasteiger partial charge in [-0.3, -0.25) is 4.79 Å². The largest absolute Gasteiger partial charge is 0.469 e. The molecule has 172 valence electrons. The summed E-state index contributed by atoms with van der Waals surface area (Å²) in [4.78, 5) is 25.7. The number of fused-ring (bicyclic) bond motifs is 3. The zero-order valence-electron chi connectivity index (χ0n) is 19.7. The van der Waals surface area contributed by atoms with Crippen molar-refractivity contribution in [2.24, 2.45) is 34.0 Å².